The summed E-state index contributed by atoms with van der Waals surface area (Å²) in [5, 5.41) is 12.3. The average Bonchev–Trinajstić information content (AvgIpc) is 3.57. The molecule has 0 bridgehead atoms. The Morgan fingerprint density at radius 1 is 0.658 bits per heavy atom. The smallest absolute Gasteiger partial charge is 0.140 e. The number of aromatic hydroxyl groups is 1. The van der Waals surface area contributed by atoms with E-state index in [4.69, 9.17) is 4.98 Å². The van der Waals surface area contributed by atoms with Crippen molar-refractivity contribution in [3.05, 3.63) is 109 Å². The first-order valence-corrected chi connectivity index (χ1v) is 13.5. The maximum absolute atomic E-state index is 11.2. The van der Waals surface area contributed by atoms with Crippen molar-refractivity contribution in [2.45, 2.75) is 6.92 Å². The molecule has 0 spiro atoms. The van der Waals surface area contributed by atoms with E-state index in [1.165, 1.54) is 43.8 Å². The molecule has 1 aliphatic rings. The molecule has 0 atom stereocenters. The van der Waals surface area contributed by atoms with Crippen molar-refractivity contribution in [1.29, 1.82) is 0 Å². The van der Waals surface area contributed by atoms with E-state index in [9.17, 15) is 5.11 Å². The molecule has 4 heteroatoms. The lowest BCUT2D eigenvalue weighted by atomic mass is 9.82. The van der Waals surface area contributed by atoms with E-state index in [1.807, 2.05) is 37.3 Å². The van der Waals surface area contributed by atoms with E-state index < -0.39 is 0 Å². The summed E-state index contributed by atoms with van der Waals surface area (Å²) in [6.45, 7) is 2.02. The molecule has 0 amide bonds. The number of rotatable bonds is 1. The monoisotopic (exact) mass is 506 g/mol. The van der Waals surface area contributed by atoms with Crippen LogP contribution in [0.15, 0.2) is 103 Å². The third-order valence-corrected chi connectivity index (χ3v) is 8.97. The van der Waals surface area contributed by atoms with Crippen LogP contribution in [-0.4, -0.2) is 15.1 Å². The van der Waals surface area contributed by atoms with Gasteiger partial charge in [0.25, 0.3) is 0 Å². The lowest BCUT2D eigenvalue weighted by molar-refractivity contribution is 0.472. The Balaban J connectivity index is 1.56. The highest BCUT2D eigenvalue weighted by Gasteiger charge is 2.28. The molecule has 8 rings (SSSR count). The number of benzene rings is 5. The van der Waals surface area contributed by atoms with Crippen LogP contribution >= 0.6 is 11.3 Å². The van der Waals surface area contributed by atoms with Gasteiger partial charge in [-0.25, -0.2) is 4.98 Å². The summed E-state index contributed by atoms with van der Waals surface area (Å²) in [6.07, 6.45) is 0. The third kappa shape index (κ3) is 2.92. The second-order valence-corrected chi connectivity index (χ2v) is 10.8. The van der Waals surface area contributed by atoms with Gasteiger partial charge in [0.05, 0.1) is 11.0 Å². The Bertz CT molecular complexity index is 2030. The number of aryl methyl sites for hydroxylation is 1. The van der Waals surface area contributed by atoms with Crippen molar-refractivity contribution >= 4 is 32.5 Å². The predicted molar refractivity (Wildman–Crippen MR) is 159 cm³/mol. The maximum Gasteiger partial charge on any atom is 0.140 e. The number of aromatic amines is 1. The summed E-state index contributed by atoms with van der Waals surface area (Å²) in [4.78, 5) is 9.61. The zero-order chi connectivity index (χ0) is 25.4. The molecule has 0 saturated heterocycles. The average molecular weight is 507 g/mol. The van der Waals surface area contributed by atoms with Crippen molar-refractivity contribution in [2.75, 3.05) is 0 Å². The standard InChI is InChI=1S/C34H22N2OS/c1-19-29(37)18-26(34-35-27-16-8-9-17-28(27)36-34)33-30(19)31-24-14-6-4-12-22(24)20-10-2-3-11-21(20)23-13-5-7-15-25(23)32(31)38-33/h2-18,37H,1H3,(H,35,36). The van der Waals surface area contributed by atoms with E-state index in [1.54, 1.807) is 11.3 Å². The molecular formula is C34H22N2OS. The number of imidazole rings is 1. The van der Waals surface area contributed by atoms with E-state index in [2.05, 4.69) is 77.8 Å². The Hall–Kier alpha value is -4.67. The van der Waals surface area contributed by atoms with Gasteiger partial charge in [0, 0.05) is 37.2 Å². The van der Waals surface area contributed by atoms with Crippen molar-refractivity contribution in [2.24, 2.45) is 0 Å². The number of H-pyrrole nitrogens is 1. The summed E-state index contributed by atoms with van der Waals surface area (Å²) < 4.78 is 1.12. The van der Waals surface area contributed by atoms with Gasteiger partial charge in [-0.15, -0.1) is 11.3 Å². The van der Waals surface area contributed by atoms with Crippen molar-refractivity contribution in [3.8, 4) is 61.0 Å². The molecule has 3 nitrogen and oxygen atoms in total. The van der Waals surface area contributed by atoms with Crippen LogP contribution in [-0.2, 0) is 0 Å². The predicted octanol–water partition coefficient (Wildman–Crippen LogP) is 9.44. The van der Waals surface area contributed by atoms with Crippen LogP contribution in [0.2, 0.25) is 0 Å². The van der Waals surface area contributed by atoms with Gasteiger partial charge in [-0.05, 0) is 52.9 Å². The Morgan fingerprint density at radius 2 is 1.21 bits per heavy atom. The molecule has 0 fully saturated rings. The highest BCUT2D eigenvalue weighted by Crippen LogP contribution is 2.55. The molecule has 2 aromatic heterocycles. The van der Waals surface area contributed by atoms with Gasteiger partial charge in [-0.1, -0.05) is 84.9 Å². The van der Waals surface area contributed by atoms with E-state index in [0.29, 0.717) is 0 Å². The number of nitrogens with zero attached hydrogens (tertiary/aromatic N) is 1. The molecule has 180 valence electrons. The topological polar surface area (TPSA) is 48.9 Å². The summed E-state index contributed by atoms with van der Waals surface area (Å²) in [7, 11) is 0. The SMILES string of the molecule is Cc1c(O)cc(-c2nc3ccccc3[nH]2)c2sc3c(c12)-c1ccccc1-c1ccccc1-c1ccccc1-3. The molecule has 0 unspecified atom stereocenters. The van der Waals surface area contributed by atoms with Gasteiger partial charge in [-0.3, -0.25) is 0 Å². The van der Waals surface area contributed by atoms with Crippen LogP contribution in [0.3, 0.4) is 0 Å². The van der Waals surface area contributed by atoms with E-state index in [0.717, 1.165) is 38.1 Å². The van der Waals surface area contributed by atoms with Crippen LogP contribution in [0.1, 0.15) is 5.56 Å². The molecule has 7 aromatic rings. The molecule has 0 saturated carbocycles. The van der Waals surface area contributed by atoms with Gasteiger partial charge in [0.1, 0.15) is 11.6 Å². The number of para-hydroxylation sites is 2. The van der Waals surface area contributed by atoms with Crippen molar-refractivity contribution < 1.29 is 5.11 Å². The number of hydrogen-bond donors (Lipinski definition) is 2. The van der Waals surface area contributed by atoms with E-state index >= 15 is 0 Å². The van der Waals surface area contributed by atoms with Gasteiger partial charge in [0.2, 0.25) is 0 Å². The fraction of sp³-hybridized carbons (Fsp3) is 0.0294. The Morgan fingerprint density at radius 3 is 1.89 bits per heavy atom. The van der Waals surface area contributed by atoms with E-state index in [-0.39, 0.29) is 5.75 Å². The minimum Gasteiger partial charge on any atom is -0.508 e. The first-order valence-electron chi connectivity index (χ1n) is 12.7. The minimum absolute atomic E-state index is 0.279. The number of phenolic OH excluding ortho intramolecular Hbond substituents is 1. The van der Waals surface area contributed by atoms with Crippen LogP contribution in [0, 0.1) is 6.92 Å². The van der Waals surface area contributed by atoms with Crippen LogP contribution in [0.4, 0.5) is 0 Å². The number of phenols is 1. The van der Waals surface area contributed by atoms with Crippen molar-refractivity contribution in [1.82, 2.24) is 9.97 Å². The largest absolute Gasteiger partial charge is 0.508 e. The number of aromatic nitrogens is 2. The lowest BCUT2D eigenvalue weighted by Crippen LogP contribution is -1.95. The first kappa shape index (κ1) is 21.4. The molecule has 0 radical (unpaired) electrons. The van der Waals surface area contributed by atoms with Crippen LogP contribution in [0.25, 0.3) is 76.3 Å². The summed E-state index contributed by atoms with van der Waals surface area (Å²) in [6, 6.07) is 35.9. The van der Waals surface area contributed by atoms with Crippen LogP contribution in [0.5, 0.6) is 5.75 Å². The number of fused-ring (bicyclic) bond motifs is 11. The molecule has 5 aromatic carbocycles. The van der Waals surface area contributed by atoms with Gasteiger partial charge in [-0.2, -0.15) is 0 Å². The highest BCUT2D eigenvalue weighted by molar-refractivity contribution is 7.23. The summed E-state index contributed by atoms with van der Waals surface area (Å²) in [5.74, 6) is 1.05. The zero-order valence-electron chi connectivity index (χ0n) is 20.6. The van der Waals surface area contributed by atoms with Crippen LogP contribution < -0.4 is 0 Å². The second-order valence-electron chi connectivity index (χ2n) is 9.82. The molecule has 1 aliphatic carbocycles. The second kappa shape index (κ2) is 7.91. The lowest BCUT2D eigenvalue weighted by Gasteiger charge is -2.21. The van der Waals surface area contributed by atoms with Crippen molar-refractivity contribution in [3.63, 3.8) is 0 Å². The first-order chi connectivity index (χ1) is 18.7. The molecule has 38 heavy (non-hydrogen) atoms. The quantitative estimate of drug-likeness (QED) is 0.233. The minimum atomic E-state index is 0.279. The summed E-state index contributed by atoms with van der Waals surface area (Å²) in [5.41, 5.74) is 12.1. The number of thiophene rings is 1. The van der Waals surface area contributed by atoms with Gasteiger partial charge < -0.3 is 10.1 Å². The highest BCUT2D eigenvalue weighted by atomic mass is 32.1. The molecular weight excluding hydrogens is 484 g/mol. The maximum atomic E-state index is 11.2. The Kier molecular flexibility index (Phi) is 4.46. The Labute approximate surface area is 223 Å². The normalized spacial score (nSPS) is 11.9. The number of nitrogens with one attached hydrogen (secondary N) is 1. The third-order valence-electron chi connectivity index (χ3n) is 7.71. The van der Waals surface area contributed by atoms with Gasteiger partial charge >= 0.3 is 0 Å². The van der Waals surface area contributed by atoms with Gasteiger partial charge in [0.15, 0.2) is 0 Å². The molecule has 2 heterocycles. The molecule has 0 aliphatic heterocycles. The fourth-order valence-electron chi connectivity index (χ4n) is 5.92. The fourth-order valence-corrected chi connectivity index (χ4v) is 7.35. The zero-order valence-corrected chi connectivity index (χ0v) is 21.4. The summed E-state index contributed by atoms with van der Waals surface area (Å²) >= 11 is 1.79. The molecule has 2 N–H and O–H groups in total. The number of hydrogen-bond acceptors (Lipinski definition) is 3.